The van der Waals surface area contributed by atoms with Gasteiger partial charge in [0.25, 0.3) is 15.7 Å². The SMILES string of the molecule is O=C(CN(c1ccc([N+](=O)[O-])cc1)S(=O)(=O)c1ccccc1)NC12CC3CC(CC(C3)C1)C2. The summed E-state index contributed by atoms with van der Waals surface area (Å²) in [6.45, 7) is -0.378. The van der Waals surface area contributed by atoms with Gasteiger partial charge in [0.1, 0.15) is 6.54 Å². The van der Waals surface area contributed by atoms with E-state index in [0.717, 1.165) is 23.6 Å². The molecule has 4 aliphatic rings. The molecule has 6 rings (SSSR count). The first-order valence-corrected chi connectivity index (χ1v) is 12.8. The van der Waals surface area contributed by atoms with Gasteiger partial charge >= 0.3 is 0 Å². The normalized spacial score (nSPS) is 27.8. The number of hydrogen-bond donors (Lipinski definition) is 1. The summed E-state index contributed by atoms with van der Waals surface area (Å²) in [5.74, 6) is 1.61. The second-order valence-corrected chi connectivity index (χ2v) is 11.7. The van der Waals surface area contributed by atoms with Crippen LogP contribution in [0.1, 0.15) is 38.5 Å². The van der Waals surface area contributed by atoms with Gasteiger partial charge in [-0.1, -0.05) is 18.2 Å². The van der Waals surface area contributed by atoms with Gasteiger partial charge in [0.05, 0.1) is 15.5 Å². The van der Waals surface area contributed by atoms with Crippen LogP contribution in [0.2, 0.25) is 0 Å². The fourth-order valence-electron chi connectivity index (χ4n) is 6.50. The lowest BCUT2D eigenvalue weighted by Crippen LogP contribution is -2.61. The van der Waals surface area contributed by atoms with Crippen LogP contribution in [0.4, 0.5) is 11.4 Å². The van der Waals surface area contributed by atoms with E-state index in [1.807, 2.05) is 0 Å². The predicted octanol–water partition coefficient (Wildman–Crippen LogP) is 3.88. The molecule has 1 amide bonds. The Hall–Kier alpha value is -2.94. The summed E-state index contributed by atoms with van der Waals surface area (Å²) in [5.41, 5.74) is -0.164. The number of anilines is 1. The first-order valence-electron chi connectivity index (χ1n) is 11.4. The smallest absolute Gasteiger partial charge is 0.269 e. The zero-order valence-electron chi connectivity index (χ0n) is 18.2. The van der Waals surface area contributed by atoms with Crippen LogP contribution < -0.4 is 9.62 Å². The van der Waals surface area contributed by atoms with Crippen LogP contribution in [-0.2, 0) is 14.8 Å². The lowest BCUT2D eigenvalue weighted by Gasteiger charge is -2.57. The standard InChI is InChI=1S/C24H27N3O5S/c28-23(25-24-13-17-10-18(14-24)12-19(11-17)15-24)16-26(20-6-8-21(9-7-20)27(29)30)33(31,32)22-4-2-1-3-5-22/h1-9,17-19H,10-16H2,(H,25,28). The van der Waals surface area contributed by atoms with E-state index in [-0.39, 0.29) is 34.3 Å². The lowest BCUT2D eigenvalue weighted by molar-refractivity contribution is -0.384. The molecule has 0 spiro atoms. The molecule has 4 fully saturated rings. The molecular formula is C24H27N3O5S. The minimum absolute atomic E-state index is 0.0611. The van der Waals surface area contributed by atoms with Crippen molar-refractivity contribution in [3.05, 3.63) is 64.7 Å². The van der Waals surface area contributed by atoms with Crippen molar-refractivity contribution in [3.8, 4) is 0 Å². The van der Waals surface area contributed by atoms with E-state index in [0.29, 0.717) is 17.8 Å². The second kappa shape index (κ2) is 8.13. The van der Waals surface area contributed by atoms with E-state index in [9.17, 15) is 23.3 Å². The summed E-state index contributed by atoms with van der Waals surface area (Å²) in [5, 5.41) is 14.3. The third kappa shape index (κ3) is 4.21. The van der Waals surface area contributed by atoms with Crippen molar-refractivity contribution < 1.29 is 18.1 Å². The highest BCUT2D eigenvalue weighted by atomic mass is 32.2. The van der Waals surface area contributed by atoms with Crippen LogP contribution in [0.3, 0.4) is 0 Å². The van der Waals surface area contributed by atoms with Crippen molar-refractivity contribution >= 4 is 27.3 Å². The number of sulfonamides is 1. The molecular weight excluding hydrogens is 442 g/mol. The maximum atomic E-state index is 13.5. The van der Waals surface area contributed by atoms with E-state index in [1.54, 1.807) is 18.2 Å². The minimum Gasteiger partial charge on any atom is -0.349 e. The molecule has 174 valence electrons. The summed E-state index contributed by atoms with van der Waals surface area (Å²) in [6.07, 6.45) is 6.63. The molecule has 4 saturated carbocycles. The summed E-state index contributed by atoms with van der Waals surface area (Å²) < 4.78 is 28.0. The van der Waals surface area contributed by atoms with Gasteiger partial charge in [-0.3, -0.25) is 19.2 Å². The number of hydrogen-bond acceptors (Lipinski definition) is 5. The zero-order chi connectivity index (χ0) is 23.2. The summed E-state index contributed by atoms with van der Waals surface area (Å²) >= 11 is 0. The molecule has 2 aromatic rings. The van der Waals surface area contributed by atoms with Crippen molar-refractivity contribution in [3.63, 3.8) is 0 Å². The molecule has 0 heterocycles. The number of nitrogens with one attached hydrogen (secondary N) is 1. The number of non-ortho nitro benzene ring substituents is 1. The molecule has 4 bridgehead atoms. The van der Waals surface area contributed by atoms with Crippen LogP contribution in [0.25, 0.3) is 0 Å². The highest BCUT2D eigenvalue weighted by Crippen LogP contribution is 2.55. The molecule has 0 radical (unpaired) electrons. The molecule has 1 N–H and O–H groups in total. The minimum atomic E-state index is -4.05. The van der Waals surface area contributed by atoms with Gasteiger partial charge < -0.3 is 5.32 Å². The molecule has 0 aliphatic heterocycles. The third-order valence-corrected chi connectivity index (χ3v) is 9.20. The highest BCUT2D eigenvalue weighted by molar-refractivity contribution is 7.92. The number of nitro benzene ring substituents is 1. The Morgan fingerprint density at radius 2 is 1.52 bits per heavy atom. The maximum Gasteiger partial charge on any atom is 0.269 e. The first-order chi connectivity index (χ1) is 15.7. The molecule has 9 heteroatoms. The van der Waals surface area contributed by atoms with Gasteiger partial charge in [0, 0.05) is 17.7 Å². The predicted molar refractivity (Wildman–Crippen MR) is 123 cm³/mol. The summed E-state index contributed by atoms with van der Waals surface area (Å²) in [6, 6.07) is 13.2. The Balaban J connectivity index is 1.42. The topological polar surface area (TPSA) is 110 Å². The number of amides is 1. The van der Waals surface area contributed by atoms with Crippen LogP contribution >= 0.6 is 0 Å². The van der Waals surface area contributed by atoms with Crippen LogP contribution in [-0.4, -0.2) is 31.3 Å². The Kier molecular flexibility index (Phi) is 5.39. The summed E-state index contributed by atoms with van der Waals surface area (Å²) in [7, 11) is -4.05. The average molecular weight is 470 g/mol. The monoisotopic (exact) mass is 469 g/mol. The largest absolute Gasteiger partial charge is 0.349 e. The Morgan fingerprint density at radius 3 is 2.03 bits per heavy atom. The molecule has 33 heavy (non-hydrogen) atoms. The Bertz CT molecular complexity index is 1130. The molecule has 0 aromatic heterocycles. The quantitative estimate of drug-likeness (QED) is 0.489. The van der Waals surface area contributed by atoms with Gasteiger partial charge in [-0.2, -0.15) is 0 Å². The second-order valence-electron chi connectivity index (χ2n) is 9.84. The van der Waals surface area contributed by atoms with E-state index >= 15 is 0 Å². The molecule has 0 saturated heterocycles. The fourth-order valence-corrected chi connectivity index (χ4v) is 7.95. The van der Waals surface area contributed by atoms with Crippen molar-refractivity contribution in [1.82, 2.24) is 5.32 Å². The van der Waals surface area contributed by atoms with E-state index < -0.39 is 14.9 Å². The number of nitrogens with zero attached hydrogens (tertiary/aromatic N) is 2. The van der Waals surface area contributed by atoms with Crippen LogP contribution in [0.15, 0.2) is 59.5 Å². The number of rotatable bonds is 7. The van der Waals surface area contributed by atoms with Crippen LogP contribution in [0.5, 0.6) is 0 Å². The maximum absolute atomic E-state index is 13.5. The molecule has 4 aliphatic carbocycles. The van der Waals surface area contributed by atoms with E-state index in [2.05, 4.69) is 5.32 Å². The van der Waals surface area contributed by atoms with E-state index in [4.69, 9.17) is 0 Å². The first kappa shape index (κ1) is 21.9. The molecule has 0 atom stereocenters. The third-order valence-electron chi connectivity index (χ3n) is 7.41. The van der Waals surface area contributed by atoms with Crippen molar-refractivity contribution in [2.45, 2.75) is 49.0 Å². The van der Waals surface area contributed by atoms with Gasteiger partial charge in [-0.15, -0.1) is 0 Å². The molecule has 0 unspecified atom stereocenters. The number of benzene rings is 2. The average Bonchev–Trinajstić information content (AvgIpc) is 2.77. The van der Waals surface area contributed by atoms with Gasteiger partial charge in [-0.25, -0.2) is 8.42 Å². The van der Waals surface area contributed by atoms with Crippen molar-refractivity contribution in [2.75, 3.05) is 10.8 Å². The summed E-state index contributed by atoms with van der Waals surface area (Å²) in [4.78, 5) is 23.8. The van der Waals surface area contributed by atoms with Gasteiger partial charge in [0.15, 0.2) is 0 Å². The fraction of sp³-hybridized carbons (Fsp3) is 0.458. The Labute approximate surface area is 193 Å². The van der Waals surface area contributed by atoms with Gasteiger partial charge in [0.2, 0.25) is 5.91 Å². The van der Waals surface area contributed by atoms with E-state index in [1.165, 1.54) is 55.7 Å². The highest BCUT2D eigenvalue weighted by Gasteiger charge is 2.51. The van der Waals surface area contributed by atoms with Gasteiger partial charge in [-0.05, 0) is 80.5 Å². The molecule has 2 aromatic carbocycles. The lowest BCUT2D eigenvalue weighted by atomic mass is 9.53. The van der Waals surface area contributed by atoms with Crippen molar-refractivity contribution in [2.24, 2.45) is 17.8 Å². The van der Waals surface area contributed by atoms with Crippen LogP contribution in [0, 0.1) is 27.9 Å². The number of carbonyl (C=O) groups is 1. The number of carbonyl (C=O) groups excluding carboxylic acids is 1. The zero-order valence-corrected chi connectivity index (χ0v) is 19.0. The molecule has 8 nitrogen and oxygen atoms in total. The van der Waals surface area contributed by atoms with Crippen molar-refractivity contribution in [1.29, 1.82) is 0 Å². The Morgan fingerprint density at radius 1 is 0.970 bits per heavy atom. The number of nitro groups is 1.